The van der Waals surface area contributed by atoms with Crippen LogP contribution >= 0.6 is 15.9 Å². The second kappa shape index (κ2) is 7.94. The third-order valence-corrected chi connectivity index (χ3v) is 3.12. The van der Waals surface area contributed by atoms with Gasteiger partial charge in [-0.2, -0.15) is 0 Å². The molecule has 0 spiro atoms. The van der Waals surface area contributed by atoms with Gasteiger partial charge in [0.2, 0.25) is 0 Å². The van der Waals surface area contributed by atoms with Crippen molar-refractivity contribution in [2.24, 2.45) is 0 Å². The lowest BCUT2D eigenvalue weighted by Gasteiger charge is -2.13. The molecule has 0 aromatic heterocycles. The Morgan fingerprint density at radius 1 is 1.32 bits per heavy atom. The molecule has 1 unspecified atom stereocenters. The summed E-state index contributed by atoms with van der Waals surface area (Å²) in [5, 5.41) is 2.53. The van der Waals surface area contributed by atoms with Crippen LogP contribution < -0.4 is 5.32 Å². The van der Waals surface area contributed by atoms with Crippen molar-refractivity contribution < 1.29 is 14.3 Å². The van der Waals surface area contributed by atoms with E-state index in [1.807, 2.05) is 6.92 Å². The van der Waals surface area contributed by atoms with Crippen molar-refractivity contribution in [3.63, 3.8) is 0 Å². The molecule has 0 saturated carbocycles. The van der Waals surface area contributed by atoms with Crippen LogP contribution in [0.3, 0.4) is 0 Å². The number of carbonyl (C=O) groups excluding carboxylic acids is 2. The van der Waals surface area contributed by atoms with Gasteiger partial charge in [-0.1, -0.05) is 41.4 Å². The molecule has 1 aromatic carbocycles. The van der Waals surface area contributed by atoms with E-state index in [4.69, 9.17) is 4.74 Å². The summed E-state index contributed by atoms with van der Waals surface area (Å²) in [7, 11) is 0. The highest BCUT2D eigenvalue weighted by Gasteiger charge is 2.17. The lowest BCUT2D eigenvalue weighted by atomic mass is 10.1. The van der Waals surface area contributed by atoms with E-state index in [1.165, 1.54) is 0 Å². The van der Waals surface area contributed by atoms with E-state index < -0.39 is 12.1 Å². The van der Waals surface area contributed by atoms with Gasteiger partial charge in [0.1, 0.15) is 0 Å². The number of nitrogens with one attached hydrogen (secondary N) is 1. The van der Waals surface area contributed by atoms with Crippen molar-refractivity contribution >= 4 is 27.8 Å². The van der Waals surface area contributed by atoms with Crippen molar-refractivity contribution in [1.82, 2.24) is 5.32 Å². The number of amides is 1. The molecule has 104 valence electrons. The van der Waals surface area contributed by atoms with Crippen molar-refractivity contribution in [2.45, 2.75) is 32.7 Å². The van der Waals surface area contributed by atoms with Crippen LogP contribution in [0.25, 0.3) is 0 Å². The normalized spacial score (nSPS) is 11.7. The lowest BCUT2D eigenvalue weighted by Crippen LogP contribution is -2.39. The number of hydrogen-bond donors (Lipinski definition) is 1. The average Bonchev–Trinajstić information content (AvgIpc) is 2.39. The third-order valence-electron chi connectivity index (χ3n) is 2.59. The van der Waals surface area contributed by atoms with Gasteiger partial charge in [-0.3, -0.25) is 4.79 Å². The van der Waals surface area contributed by atoms with E-state index in [2.05, 4.69) is 21.2 Å². The highest BCUT2D eigenvalue weighted by molar-refractivity contribution is 9.10. The number of Topliss-reactive ketones (excluding diaryl/α,β-unsaturated/α-hetero) is 1. The summed E-state index contributed by atoms with van der Waals surface area (Å²) in [6.45, 7) is 4.04. The van der Waals surface area contributed by atoms with Crippen LogP contribution in [0.2, 0.25) is 0 Å². The molecule has 0 radical (unpaired) electrons. The molecule has 19 heavy (non-hydrogen) atoms. The first-order chi connectivity index (χ1) is 9.04. The number of benzene rings is 1. The maximum absolute atomic E-state index is 12.0. The highest BCUT2D eigenvalue weighted by atomic mass is 79.9. The van der Waals surface area contributed by atoms with Gasteiger partial charge in [-0.25, -0.2) is 4.79 Å². The van der Waals surface area contributed by atoms with E-state index in [0.717, 1.165) is 17.3 Å². The van der Waals surface area contributed by atoms with Gasteiger partial charge >= 0.3 is 6.09 Å². The van der Waals surface area contributed by atoms with Gasteiger partial charge in [-0.05, 0) is 25.5 Å². The van der Waals surface area contributed by atoms with Crippen LogP contribution in [-0.4, -0.2) is 24.5 Å². The topological polar surface area (TPSA) is 55.4 Å². The molecule has 0 bridgehead atoms. The minimum atomic E-state index is -0.602. The molecule has 1 atom stereocenters. The molecule has 0 heterocycles. The highest BCUT2D eigenvalue weighted by Crippen LogP contribution is 2.12. The minimum Gasteiger partial charge on any atom is -0.450 e. The van der Waals surface area contributed by atoms with Gasteiger partial charge < -0.3 is 10.1 Å². The van der Waals surface area contributed by atoms with Crippen molar-refractivity contribution in [3.05, 3.63) is 34.3 Å². The maximum Gasteiger partial charge on any atom is 0.407 e. The summed E-state index contributed by atoms with van der Waals surface area (Å²) in [4.78, 5) is 23.5. The molecule has 0 aliphatic carbocycles. The number of rotatable bonds is 6. The molecule has 1 N–H and O–H groups in total. The second-order valence-corrected chi connectivity index (χ2v) is 5.14. The summed E-state index contributed by atoms with van der Waals surface area (Å²) in [5.74, 6) is -0.139. The Hall–Kier alpha value is -1.36. The van der Waals surface area contributed by atoms with Gasteiger partial charge in [0, 0.05) is 10.0 Å². The number of carbonyl (C=O) groups is 2. The van der Waals surface area contributed by atoms with Crippen LogP contribution in [0, 0.1) is 0 Å². The number of ether oxygens (including phenoxy) is 1. The standard InChI is InChI=1S/C14H18BrNO3/c1-3-4-9-19-14(18)16-10(2)13(17)11-5-7-12(15)8-6-11/h5-8,10H,3-4,9H2,1-2H3,(H,16,18). The van der Waals surface area contributed by atoms with E-state index in [9.17, 15) is 9.59 Å². The van der Waals surface area contributed by atoms with E-state index >= 15 is 0 Å². The smallest absolute Gasteiger partial charge is 0.407 e. The van der Waals surface area contributed by atoms with Crippen molar-refractivity contribution in [2.75, 3.05) is 6.61 Å². The molecule has 0 saturated heterocycles. The monoisotopic (exact) mass is 327 g/mol. The Kier molecular flexibility index (Phi) is 6.56. The van der Waals surface area contributed by atoms with Crippen LogP contribution in [0.5, 0.6) is 0 Å². The Labute approximate surface area is 121 Å². The molecule has 5 heteroatoms. The molecule has 1 amide bonds. The molecule has 4 nitrogen and oxygen atoms in total. The van der Waals surface area contributed by atoms with Gasteiger partial charge in [-0.15, -0.1) is 0 Å². The molecular weight excluding hydrogens is 310 g/mol. The number of unbranched alkanes of at least 4 members (excludes halogenated alkanes) is 1. The minimum absolute atomic E-state index is 0.139. The molecule has 0 fully saturated rings. The number of halogens is 1. The van der Waals surface area contributed by atoms with Crippen molar-refractivity contribution in [1.29, 1.82) is 0 Å². The van der Waals surface area contributed by atoms with Gasteiger partial charge in [0.05, 0.1) is 12.6 Å². The molecule has 0 aliphatic heterocycles. The first kappa shape index (κ1) is 15.7. The zero-order valence-electron chi connectivity index (χ0n) is 11.1. The fourth-order valence-corrected chi connectivity index (χ4v) is 1.72. The van der Waals surface area contributed by atoms with Gasteiger partial charge in [0.15, 0.2) is 5.78 Å². The van der Waals surface area contributed by atoms with Crippen LogP contribution in [0.15, 0.2) is 28.7 Å². The van der Waals surface area contributed by atoms with E-state index in [0.29, 0.717) is 12.2 Å². The fraction of sp³-hybridized carbons (Fsp3) is 0.429. The largest absolute Gasteiger partial charge is 0.450 e. The first-order valence-electron chi connectivity index (χ1n) is 6.27. The SMILES string of the molecule is CCCCOC(=O)NC(C)C(=O)c1ccc(Br)cc1. The van der Waals surface area contributed by atoms with E-state index in [1.54, 1.807) is 31.2 Å². The first-order valence-corrected chi connectivity index (χ1v) is 7.07. The Morgan fingerprint density at radius 2 is 1.95 bits per heavy atom. The van der Waals surface area contributed by atoms with Crippen molar-refractivity contribution in [3.8, 4) is 0 Å². The van der Waals surface area contributed by atoms with Crippen LogP contribution in [-0.2, 0) is 4.74 Å². The summed E-state index contributed by atoms with van der Waals surface area (Å²) in [6.07, 6.45) is 1.23. The Balaban J connectivity index is 2.48. The van der Waals surface area contributed by atoms with Gasteiger partial charge in [0.25, 0.3) is 0 Å². The summed E-state index contributed by atoms with van der Waals surface area (Å²) in [6, 6.07) is 6.41. The fourth-order valence-electron chi connectivity index (χ4n) is 1.46. The zero-order valence-corrected chi connectivity index (χ0v) is 12.7. The number of ketones is 1. The molecule has 1 rings (SSSR count). The maximum atomic E-state index is 12.0. The predicted octanol–water partition coefficient (Wildman–Crippen LogP) is 3.55. The molecule has 1 aromatic rings. The van der Waals surface area contributed by atoms with E-state index in [-0.39, 0.29) is 5.78 Å². The van der Waals surface area contributed by atoms with Crippen LogP contribution in [0.1, 0.15) is 37.0 Å². The predicted molar refractivity (Wildman–Crippen MR) is 77.3 cm³/mol. The average molecular weight is 328 g/mol. The molecule has 0 aliphatic rings. The lowest BCUT2D eigenvalue weighted by molar-refractivity contribution is 0.0930. The number of hydrogen-bond acceptors (Lipinski definition) is 3. The Bertz CT molecular complexity index is 431. The second-order valence-electron chi connectivity index (χ2n) is 4.23. The number of alkyl carbamates (subject to hydrolysis) is 1. The van der Waals surface area contributed by atoms with Crippen LogP contribution in [0.4, 0.5) is 4.79 Å². The summed E-state index contributed by atoms with van der Waals surface area (Å²) < 4.78 is 5.85. The Morgan fingerprint density at radius 3 is 2.53 bits per heavy atom. The third kappa shape index (κ3) is 5.42. The molecular formula is C14H18BrNO3. The quantitative estimate of drug-likeness (QED) is 0.642. The zero-order chi connectivity index (χ0) is 14.3. The summed E-state index contributed by atoms with van der Waals surface area (Å²) in [5.41, 5.74) is 0.560. The summed E-state index contributed by atoms with van der Waals surface area (Å²) >= 11 is 3.31.